The van der Waals surface area contributed by atoms with Gasteiger partial charge in [-0.2, -0.15) is 0 Å². The van der Waals surface area contributed by atoms with Crippen molar-refractivity contribution in [2.24, 2.45) is 0 Å². The zero-order valence-electron chi connectivity index (χ0n) is 15.6. The van der Waals surface area contributed by atoms with E-state index in [0.717, 1.165) is 50.1 Å². The smallest absolute Gasteiger partial charge is 0.325 e. The lowest BCUT2D eigenvalue weighted by molar-refractivity contribution is -0.144. The third-order valence-electron chi connectivity index (χ3n) is 5.96. The van der Waals surface area contributed by atoms with Gasteiger partial charge in [-0.25, -0.2) is 0 Å². The fraction of sp³-hybridized carbons (Fsp3) is 0.667. The monoisotopic (exact) mass is 360 g/mol. The summed E-state index contributed by atoms with van der Waals surface area (Å²) in [5.41, 5.74) is 2.01. The molecule has 1 saturated heterocycles. The van der Waals surface area contributed by atoms with Crippen molar-refractivity contribution in [3.05, 3.63) is 35.4 Å². The third-order valence-corrected chi connectivity index (χ3v) is 5.96. The zero-order valence-corrected chi connectivity index (χ0v) is 15.6. The van der Waals surface area contributed by atoms with E-state index in [1.807, 2.05) is 24.3 Å². The maximum Gasteiger partial charge on any atom is 0.325 e. The molecule has 2 fully saturated rings. The van der Waals surface area contributed by atoms with Gasteiger partial charge in [0.05, 0.1) is 0 Å². The van der Waals surface area contributed by atoms with E-state index in [9.17, 15) is 9.90 Å². The van der Waals surface area contributed by atoms with E-state index >= 15 is 0 Å². The van der Waals surface area contributed by atoms with Gasteiger partial charge in [-0.1, -0.05) is 43.5 Å². The molecule has 1 aliphatic carbocycles. The van der Waals surface area contributed by atoms with E-state index in [0.29, 0.717) is 6.04 Å². The van der Waals surface area contributed by atoms with Crippen LogP contribution in [0.4, 0.5) is 0 Å². The summed E-state index contributed by atoms with van der Waals surface area (Å²) >= 11 is 0. The molecule has 0 aromatic heterocycles. The first-order valence-corrected chi connectivity index (χ1v) is 10.1. The molecule has 5 heteroatoms. The van der Waals surface area contributed by atoms with Crippen LogP contribution >= 0.6 is 0 Å². The molecule has 1 saturated carbocycles. The van der Waals surface area contributed by atoms with E-state index in [1.165, 1.54) is 32.1 Å². The number of aryl methyl sites for hydroxylation is 1. The molecule has 1 heterocycles. The predicted molar refractivity (Wildman–Crippen MR) is 102 cm³/mol. The number of rotatable bonds is 7. The number of carboxylic acids is 1. The van der Waals surface area contributed by atoms with Crippen LogP contribution in [-0.2, 0) is 11.2 Å². The molecule has 0 unspecified atom stereocenters. The number of nitrogens with zero attached hydrogens (tertiary/aromatic N) is 2. The molecular formula is C21H32N2O3. The number of carboxylic acid groups (broad SMARTS) is 1. The lowest BCUT2D eigenvalue weighted by Crippen LogP contribution is -2.52. The van der Waals surface area contributed by atoms with Gasteiger partial charge in [-0.05, 0) is 36.8 Å². The number of carbonyl (C=O) groups is 1. The van der Waals surface area contributed by atoms with E-state index in [1.54, 1.807) is 0 Å². The van der Waals surface area contributed by atoms with Gasteiger partial charge in [0.1, 0.15) is 6.04 Å². The van der Waals surface area contributed by atoms with Crippen molar-refractivity contribution in [3.8, 4) is 0 Å². The lowest BCUT2D eigenvalue weighted by atomic mass is 9.93. The van der Waals surface area contributed by atoms with E-state index < -0.39 is 12.0 Å². The highest BCUT2D eigenvalue weighted by Crippen LogP contribution is 2.27. The minimum atomic E-state index is -0.765. The fourth-order valence-corrected chi connectivity index (χ4v) is 4.47. The van der Waals surface area contributed by atoms with Crippen molar-refractivity contribution < 1.29 is 15.0 Å². The van der Waals surface area contributed by atoms with Crippen molar-refractivity contribution in [1.82, 2.24) is 9.80 Å². The Morgan fingerprint density at radius 2 is 1.69 bits per heavy atom. The minimum Gasteiger partial charge on any atom is -0.480 e. The molecule has 1 aromatic carbocycles. The molecule has 5 nitrogen and oxygen atoms in total. The molecule has 0 bridgehead atoms. The molecular weight excluding hydrogens is 328 g/mol. The Hall–Kier alpha value is -1.43. The van der Waals surface area contributed by atoms with Crippen LogP contribution in [-0.4, -0.2) is 64.8 Å². The Kier molecular flexibility index (Phi) is 7.06. The molecule has 1 aliphatic heterocycles. The van der Waals surface area contributed by atoms with Crippen molar-refractivity contribution in [2.75, 3.05) is 32.8 Å². The van der Waals surface area contributed by atoms with Crippen LogP contribution in [0.15, 0.2) is 24.3 Å². The highest BCUT2D eigenvalue weighted by molar-refractivity contribution is 5.75. The first-order valence-electron chi connectivity index (χ1n) is 10.1. The average Bonchev–Trinajstić information content (AvgIpc) is 2.68. The number of aliphatic carboxylic acids is 1. The summed E-state index contributed by atoms with van der Waals surface area (Å²) < 4.78 is 0. The molecule has 2 N–H and O–H groups in total. The largest absolute Gasteiger partial charge is 0.480 e. The Balaban J connectivity index is 1.60. The minimum absolute atomic E-state index is 0.185. The number of hydrogen-bond acceptors (Lipinski definition) is 4. The summed E-state index contributed by atoms with van der Waals surface area (Å²) in [4.78, 5) is 16.6. The van der Waals surface area contributed by atoms with Crippen molar-refractivity contribution >= 4 is 5.97 Å². The molecule has 1 atom stereocenters. The first kappa shape index (κ1) is 19.3. The fourth-order valence-electron chi connectivity index (χ4n) is 4.47. The van der Waals surface area contributed by atoms with E-state index in [-0.39, 0.29) is 6.61 Å². The molecule has 26 heavy (non-hydrogen) atoms. The second-order valence-corrected chi connectivity index (χ2v) is 7.67. The molecule has 3 rings (SSSR count). The Bertz CT molecular complexity index is 561. The molecule has 144 valence electrons. The van der Waals surface area contributed by atoms with Gasteiger partial charge in [-0.3, -0.25) is 14.6 Å². The van der Waals surface area contributed by atoms with Gasteiger partial charge >= 0.3 is 5.97 Å². The molecule has 0 radical (unpaired) electrons. The van der Waals surface area contributed by atoms with Gasteiger partial charge in [0.25, 0.3) is 0 Å². The van der Waals surface area contributed by atoms with E-state index in [4.69, 9.17) is 5.11 Å². The van der Waals surface area contributed by atoms with Gasteiger partial charge in [0.15, 0.2) is 0 Å². The first-order chi connectivity index (χ1) is 12.7. The van der Waals surface area contributed by atoms with Gasteiger partial charge in [0, 0.05) is 38.8 Å². The van der Waals surface area contributed by atoms with Crippen LogP contribution < -0.4 is 0 Å². The lowest BCUT2D eigenvalue weighted by Gasteiger charge is -2.42. The number of piperazine rings is 1. The second-order valence-electron chi connectivity index (χ2n) is 7.67. The van der Waals surface area contributed by atoms with Crippen LogP contribution in [0.2, 0.25) is 0 Å². The Labute approximate surface area is 156 Å². The molecule has 0 spiro atoms. The molecule has 2 aliphatic rings. The zero-order chi connectivity index (χ0) is 18.4. The standard InChI is InChI=1S/C21H32N2O3/c24-16-4-5-17-8-10-18(11-9-17)20(21(25)26)23-14-12-22(13-15-23)19-6-2-1-3-7-19/h8-11,19-20,24H,1-7,12-16H2,(H,25,26)/t20-/m0/s1. The SMILES string of the molecule is O=C(O)[C@H](c1ccc(CCCO)cc1)N1CCN(C2CCCCC2)CC1. The number of benzene rings is 1. The number of aliphatic hydroxyl groups is 1. The van der Waals surface area contributed by atoms with Gasteiger partial charge < -0.3 is 10.2 Å². The van der Waals surface area contributed by atoms with E-state index in [2.05, 4.69) is 9.80 Å². The summed E-state index contributed by atoms with van der Waals surface area (Å²) in [5, 5.41) is 18.8. The van der Waals surface area contributed by atoms with Crippen molar-refractivity contribution in [2.45, 2.75) is 57.0 Å². The maximum absolute atomic E-state index is 12.0. The molecule has 1 aromatic rings. The highest BCUT2D eigenvalue weighted by Gasteiger charge is 2.32. The topological polar surface area (TPSA) is 64.0 Å². The van der Waals surface area contributed by atoms with Crippen LogP contribution in [0.1, 0.15) is 55.7 Å². The Morgan fingerprint density at radius 3 is 2.27 bits per heavy atom. The normalized spacial score (nSPS) is 21.6. The van der Waals surface area contributed by atoms with Gasteiger partial charge in [-0.15, -0.1) is 0 Å². The third kappa shape index (κ3) is 4.84. The Morgan fingerprint density at radius 1 is 1.04 bits per heavy atom. The van der Waals surface area contributed by atoms with Crippen LogP contribution in [0.25, 0.3) is 0 Å². The van der Waals surface area contributed by atoms with Crippen LogP contribution in [0.3, 0.4) is 0 Å². The second kappa shape index (κ2) is 9.49. The summed E-state index contributed by atoms with van der Waals surface area (Å²) in [6.07, 6.45) is 8.22. The maximum atomic E-state index is 12.0. The summed E-state index contributed by atoms with van der Waals surface area (Å²) in [5.74, 6) is -0.765. The molecule has 0 amide bonds. The predicted octanol–water partition coefficient (Wildman–Crippen LogP) is 2.69. The van der Waals surface area contributed by atoms with Crippen LogP contribution in [0.5, 0.6) is 0 Å². The highest BCUT2D eigenvalue weighted by atomic mass is 16.4. The summed E-state index contributed by atoms with van der Waals surface area (Å²) in [7, 11) is 0. The van der Waals surface area contributed by atoms with Crippen LogP contribution in [0, 0.1) is 0 Å². The van der Waals surface area contributed by atoms with Gasteiger partial charge in [0.2, 0.25) is 0 Å². The summed E-state index contributed by atoms with van der Waals surface area (Å²) in [6.45, 7) is 3.77. The quantitative estimate of drug-likeness (QED) is 0.783. The summed E-state index contributed by atoms with van der Waals surface area (Å²) in [6, 6.07) is 8.03. The number of hydrogen-bond donors (Lipinski definition) is 2. The van der Waals surface area contributed by atoms with Crippen molar-refractivity contribution in [3.63, 3.8) is 0 Å². The average molecular weight is 360 g/mol. The van der Waals surface area contributed by atoms with Crippen molar-refractivity contribution in [1.29, 1.82) is 0 Å². The number of aliphatic hydroxyl groups excluding tert-OH is 1.